The number of hydrogen-bond donors (Lipinski definition) is 2. The molecule has 0 aliphatic carbocycles. The number of carbonyl (C=O) groups excluding carboxylic acids is 1. The number of hydrazone groups is 1. The van der Waals surface area contributed by atoms with Crippen molar-refractivity contribution in [1.82, 2.24) is 5.43 Å². The SMILES string of the molecule is CCOc1ccc(/C=N\NC(=O)Nc2ccc(Cl)cc2)cc1Cl. The summed E-state index contributed by atoms with van der Waals surface area (Å²) in [5, 5.41) is 7.57. The minimum Gasteiger partial charge on any atom is -0.492 e. The Bertz CT molecular complexity index is 703. The van der Waals surface area contributed by atoms with Gasteiger partial charge in [-0.25, -0.2) is 10.2 Å². The Morgan fingerprint density at radius 3 is 2.61 bits per heavy atom. The average molecular weight is 352 g/mol. The lowest BCUT2D eigenvalue weighted by Gasteiger charge is -2.06. The van der Waals surface area contributed by atoms with Crippen LogP contribution in [0.5, 0.6) is 5.75 Å². The van der Waals surface area contributed by atoms with Crippen LogP contribution >= 0.6 is 23.2 Å². The third kappa shape index (κ3) is 5.47. The third-order valence-corrected chi connectivity index (χ3v) is 3.28. The number of urea groups is 1. The van der Waals surface area contributed by atoms with Gasteiger partial charge in [-0.1, -0.05) is 23.2 Å². The fourth-order valence-corrected chi connectivity index (χ4v) is 2.10. The number of nitrogens with one attached hydrogen (secondary N) is 2. The van der Waals surface area contributed by atoms with Crippen molar-refractivity contribution in [3.63, 3.8) is 0 Å². The minimum atomic E-state index is -0.458. The fraction of sp³-hybridized carbons (Fsp3) is 0.125. The van der Waals surface area contributed by atoms with Crippen LogP contribution in [0, 0.1) is 0 Å². The van der Waals surface area contributed by atoms with E-state index < -0.39 is 6.03 Å². The van der Waals surface area contributed by atoms with Gasteiger partial charge in [0.05, 0.1) is 17.8 Å². The molecule has 0 radical (unpaired) electrons. The van der Waals surface area contributed by atoms with Gasteiger partial charge in [-0.2, -0.15) is 5.10 Å². The van der Waals surface area contributed by atoms with Gasteiger partial charge in [0.15, 0.2) is 0 Å². The van der Waals surface area contributed by atoms with Crippen LogP contribution in [0.4, 0.5) is 10.5 Å². The van der Waals surface area contributed by atoms with Crippen molar-refractivity contribution in [2.24, 2.45) is 5.10 Å². The molecule has 0 heterocycles. The molecule has 120 valence electrons. The van der Waals surface area contributed by atoms with Crippen LogP contribution in [0.3, 0.4) is 0 Å². The Balaban J connectivity index is 1.89. The smallest absolute Gasteiger partial charge is 0.339 e. The van der Waals surface area contributed by atoms with Crippen LogP contribution in [0.25, 0.3) is 0 Å². The summed E-state index contributed by atoms with van der Waals surface area (Å²) in [5.41, 5.74) is 3.72. The van der Waals surface area contributed by atoms with Crippen LogP contribution < -0.4 is 15.5 Å². The number of ether oxygens (including phenoxy) is 1. The highest BCUT2D eigenvalue weighted by atomic mass is 35.5. The first-order chi connectivity index (χ1) is 11.1. The normalized spacial score (nSPS) is 10.6. The van der Waals surface area contributed by atoms with Crippen molar-refractivity contribution in [2.45, 2.75) is 6.92 Å². The summed E-state index contributed by atoms with van der Waals surface area (Å²) in [4.78, 5) is 11.7. The van der Waals surface area contributed by atoms with E-state index in [-0.39, 0.29) is 0 Å². The third-order valence-electron chi connectivity index (χ3n) is 2.74. The maximum atomic E-state index is 11.7. The molecule has 0 unspecified atom stereocenters. The molecule has 2 N–H and O–H groups in total. The summed E-state index contributed by atoms with van der Waals surface area (Å²) in [7, 11) is 0. The summed E-state index contributed by atoms with van der Waals surface area (Å²) in [6.07, 6.45) is 1.49. The standard InChI is InChI=1S/C16H15Cl2N3O2/c1-2-23-15-8-3-11(9-14(15)18)10-19-21-16(22)20-13-6-4-12(17)5-7-13/h3-10H,2H2,1H3,(H2,20,21,22)/b19-10-. The van der Waals surface area contributed by atoms with E-state index >= 15 is 0 Å². The first kappa shape index (κ1) is 17.1. The molecular weight excluding hydrogens is 337 g/mol. The lowest BCUT2D eigenvalue weighted by Crippen LogP contribution is -2.24. The number of nitrogens with zero attached hydrogens (tertiary/aromatic N) is 1. The first-order valence-corrected chi connectivity index (χ1v) is 7.62. The first-order valence-electron chi connectivity index (χ1n) is 6.86. The molecule has 2 amide bonds. The van der Waals surface area contributed by atoms with E-state index in [9.17, 15) is 4.79 Å². The maximum Gasteiger partial charge on any atom is 0.339 e. The van der Waals surface area contributed by atoms with E-state index in [0.717, 1.165) is 5.56 Å². The van der Waals surface area contributed by atoms with Crippen molar-refractivity contribution in [2.75, 3.05) is 11.9 Å². The van der Waals surface area contributed by atoms with Gasteiger partial charge < -0.3 is 10.1 Å². The van der Waals surface area contributed by atoms with Crippen molar-refractivity contribution in [3.05, 3.63) is 58.1 Å². The molecule has 0 aliphatic heterocycles. The summed E-state index contributed by atoms with van der Waals surface area (Å²) >= 11 is 11.8. The number of anilines is 1. The van der Waals surface area contributed by atoms with Gasteiger partial charge in [-0.05, 0) is 55.0 Å². The van der Waals surface area contributed by atoms with E-state index in [1.165, 1.54) is 6.21 Å². The highest BCUT2D eigenvalue weighted by Gasteiger charge is 2.02. The van der Waals surface area contributed by atoms with Crippen LogP contribution in [0.2, 0.25) is 10.0 Å². The molecule has 0 saturated heterocycles. The molecular formula is C16H15Cl2N3O2. The summed E-state index contributed by atoms with van der Waals surface area (Å²) in [6.45, 7) is 2.43. The van der Waals surface area contributed by atoms with Crippen molar-refractivity contribution in [1.29, 1.82) is 0 Å². The molecule has 2 aromatic carbocycles. The van der Waals surface area contributed by atoms with E-state index in [4.69, 9.17) is 27.9 Å². The predicted molar refractivity (Wildman–Crippen MR) is 93.8 cm³/mol. The minimum absolute atomic E-state index is 0.458. The Kier molecular flexibility index (Phi) is 6.26. The zero-order valence-electron chi connectivity index (χ0n) is 12.3. The fourth-order valence-electron chi connectivity index (χ4n) is 1.73. The maximum absolute atomic E-state index is 11.7. The highest BCUT2D eigenvalue weighted by Crippen LogP contribution is 2.24. The van der Waals surface area contributed by atoms with Gasteiger partial charge in [0.1, 0.15) is 5.75 Å². The quantitative estimate of drug-likeness (QED) is 0.613. The molecule has 7 heteroatoms. The van der Waals surface area contributed by atoms with Crippen LogP contribution in [0.1, 0.15) is 12.5 Å². The second kappa shape index (κ2) is 8.41. The summed E-state index contributed by atoms with van der Waals surface area (Å²) < 4.78 is 5.34. The number of amides is 2. The number of rotatable bonds is 5. The van der Waals surface area contributed by atoms with Crippen molar-refractivity contribution < 1.29 is 9.53 Å². The Morgan fingerprint density at radius 1 is 1.22 bits per heavy atom. The average Bonchev–Trinajstić information content (AvgIpc) is 2.52. The molecule has 0 spiro atoms. The number of benzene rings is 2. The van der Waals surface area contributed by atoms with Gasteiger partial charge in [-0.15, -0.1) is 0 Å². The lowest BCUT2D eigenvalue weighted by atomic mass is 10.2. The van der Waals surface area contributed by atoms with E-state index in [0.29, 0.717) is 28.1 Å². The zero-order valence-corrected chi connectivity index (χ0v) is 13.9. The molecule has 0 aromatic heterocycles. The molecule has 2 aromatic rings. The van der Waals surface area contributed by atoms with E-state index in [1.54, 1.807) is 42.5 Å². The Hall–Kier alpha value is -2.24. The second-order valence-corrected chi connectivity index (χ2v) is 5.30. The number of halogens is 2. The predicted octanol–water partition coefficient (Wildman–Crippen LogP) is 4.55. The molecule has 0 fully saturated rings. The Labute approximate surface area is 144 Å². The molecule has 0 saturated carbocycles. The van der Waals surface area contributed by atoms with Gasteiger partial charge >= 0.3 is 6.03 Å². The molecule has 0 aliphatic rings. The van der Waals surface area contributed by atoms with Gasteiger partial charge in [0, 0.05) is 10.7 Å². The molecule has 2 rings (SSSR count). The molecule has 5 nitrogen and oxygen atoms in total. The van der Waals surface area contributed by atoms with Crippen LogP contribution in [-0.4, -0.2) is 18.9 Å². The molecule has 0 bridgehead atoms. The summed E-state index contributed by atoms with van der Waals surface area (Å²) in [6, 6.07) is 11.5. The van der Waals surface area contributed by atoms with Gasteiger partial charge in [0.2, 0.25) is 0 Å². The Morgan fingerprint density at radius 2 is 1.96 bits per heavy atom. The largest absolute Gasteiger partial charge is 0.492 e. The number of carbonyl (C=O) groups is 1. The monoisotopic (exact) mass is 351 g/mol. The number of hydrogen-bond acceptors (Lipinski definition) is 3. The van der Waals surface area contributed by atoms with E-state index in [1.807, 2.05) is 6.92 Å². The highest BCUT2D eigenvalue weighted by molar-refractivity contribution is 6.32. The van der Waals surface area contributed by atoms with Crippen LogP contribution in [-0.2, 0) is 0 Å². The molecule has 0 atom stereocenters. The van der Waals surface area contributed by atoms with Gasteiger partial charge in [-0.3, -0.25) is 0 Å². The second-order valence-electron chi connectivity index (χ2n) is 4.45. The lowest BCUT2D eigenvalue weighted by molar-refractivity contribution is 0.252. The topological polar surface area (TPSA) is 62.7 Å². The van der Waals surface area contributed by atoms with E-state index in [2.05, 4.69) is 15.8 Å². The zero-order chi connectivity index (χ0) is 16.7. The molecule has 23 heavy (non-hydrogen) atoms. The van der Waals surface area contributed by atoms with Crippen molar-refractivity contribution >= 4 is 41.1 Å². The van der Waals surface area contributed by atoms with Gasteiger partial charge in [0.25, 0.3) is 0 Å². The summed E-state index contributed by atoms with van der Waals surface area (Å²) in [5.74, 6) is 0.611. The van der Waals surface area contributed by atoms with Crippen LogP contribution in [0.15, 0.2) is 47.6 Å². The van der Waals surface area contributed by atoms with Crippen molar-refractivity contribution in [3.8, 4) is 5.75 Å².